The summed E-state index contributed by atoms with van der Waals surface area (Å²) >= 11 is 0. The summed E-state index contributed by atoms with van der Waals surface area (Å²) < 4.78 is 5.68. The van der Waals surface area contributed by atoms with Gasteiger partial charge in [-0.3, -0.25) is 24.2 Å². The van der Waals surface area contributed by atoms with E-state index in [1.807, 2.05) is 38.1 Å². The Balaban J connectivity index is 1.70. The minimum Gasteiger partial charge on any atom is -0.453 e. The molecule has 0 saturated carbocycles. The topological polar surface area (TPSA) is 143 Å². The highest BCUT2D eigenvalue weighted by molar-refractivity contribution is 5.94. The minimum atomic E-state index is -0.936. The van der Waals surface area contributed by atoms with Gasteiger partial charge >= 0.3 is 5.97 Å². The second-order valence-corrected chi connectivity index (χ2v) is 11.4. The van der Waals surface area contributed by atoms with Crippen molar-refractivity contribution < 1.29 is 23.9 Å². The number of rotatable bonds is 1. The van der Waals surface area contributed by atoms with Crippen LogP contribution in [0.25, 0.3) is 17.0 Å². The molecule has 3 N–H and O–H groups in total. The van der Waals surface area contributed by atoms with Crippen molar-refractivity contribution in [2.24, 2.45) is 11.3 Å². The van der Waals surface area contributed by atoms with Crippen molar-refractivity contribution in [2.75, 3.05) is 6.54 Å². The molecule has 214 valence electrons. The number of benzene rings is 1. The second-order valence-electron chi connectivity index (χ2n) is 11.4. The van der Waals surface area contributed by atoms with Gasteiger partial charge in [0.15, 0.2) is 11.9 Å². The molecule has 1 aromatic carbocycles. The Labute approximate surface area is 234 Å². The number of hydrogen-bond acceptors (Lipinski definition) is 8. The van der Waals surface area contributed by atoms with E-state index >= 15 is 0 Å². The maximum Gasteiger partial charge on any atom is 0.325 e. The van der Waals surface area contributed by atoms with E-state index in [9.17, 15) is 19.2 Å². The van der Waals surface area contributed by atoms with E-state index in [2.05, 4.69) is 26.0 Å². The van der Waals surface area contributed by atoms with Crippen LogP contribution in [0.3, 0.4) is 0 Å². The molecule has 1 saturated heterocycles. The summed E-state index contributed by atoms with van der Waals surface area (Å²) in [6.45, 7) is 10.9. The molecule has 1 aromatic heterocycles. The average Bonchev–Trinajstić information content (AvgIpc) is 2.92. The fraction of sp³-hybridized carbons (Fsp3) is 0.517. The van der Waals surface area contributed by atoms with Crippen LogP contribution in [0, 0.1) is 11.3 Å². The van der Waals surface area contributed by atoms with Gasteiger partial charge in [-0.2, -0.15) is 0 Å². The normalized spacial score (nSPS) is 27.2. The molecule has 2 aromatic rings. The first-order valence-electron chi connectivity index (χ1n) is 13.7. The van der Waals surface area contributed by atoms with Gasteiger partial charge in [0.25, 0.3) is 5.91 Å². The highest BCUT2D eigenvalue weighted by atomic mass is 16.5. The van der Waals surface area contributed by atoms with Gasteiger partial charge < -0.3 is 15.4 Å². The average molecular weight is 551 g/mol. The van der Waals surface area contributed by atoms with Crippen molar-refractivity contribution in [2.45, 2.75) is 78.6 Å². The van der Waals surface area contributed by atoms with Crippen LogP contribution in [0.4, 0.5) is 0 Å². The molecular formula is C29H38N6O5. The number of carbonyl (C=O) groups excluding carboxylic acids is 4. The van der Waals surface area contributed by atoms with E-state index in [0.717, 1.165) is 10.9 Å². The number of nitrogens with one attached hydrogen (secondary N) is 3. The zero-order valence-electron chi connectivity index (χ0n) is 23.9. The Hall–Kier alpha value is -3.86. The molecule has 4 atom stereocenters. The zero-order valence-corrected chi connectivity index (χ0v) is 23.9. The summed E-state index contributed by atoms with van der Waals surface area (Å²) in [5.41, 5.74) is 3.51. The molecule has 2 aliphatic rings. The molecule has 0 spiro atoms. The smallest absolute Gasteiger partial charge is 0.325 e. The highest BCUT2D eigenvalue weighted by Gasteiger charge is 2.35. The molecule has 11 nitrogen and oxygen atoms in total. The van der Waals surface area contributed by atoms with E-state index in [-0.39, 0.29) is 11.8 Å². The van der Waals surface area contributed by atoms with Crippen LogP contribution < -0.4 is 16.1 Å². The zero-order chi connectivity index (χ0) is 29.2. The fourth-order valence-electron chi connectivity index (χ4n) is 4.62. The number of fused-ring (bicyclic) bond motifs is 4. The highest BCUT2D eigenvalue weighted by Crippen LogP contribution is 2.24. The molecule has 1 fully saturated rings. The summed E-state index contributed by atoms with van der Waals surface area (Å²) in [5.74, 6) is -1.56. The van der Waals surface area contributed by atoms with Crippen LogP contribution in [-0.4, -0.2) is 63.3 Å². The number of aromatic nitrogens is 2. The Morgan fingerprint density at radius 1 is 1.10 bits per heavy atom. The number of ether oxygens (including phenoxy) is 1. The molecular weight excluding hydrogens is 512 g/mol. The van der Waals surface area contributed by atoms with E-state index in [4.69, 9.17) is 4.74 Å². The van der Waals surface area contributed by atoms with Crippen molar-refractivity contribution >= 4 is 40.7 Å². The van der Waals surface area contributed by atoms with Gasteiger partial charge in [-0.15, -0.1) is 0 Å². The van der Waals surface area contributed by atoms with E-state index < -0.39 is 47.4 Å². The Kier molecular flexibility index (Phi) is 8.53. The largest absolute Gasteiger partial charge is 0.453 e. The summed E-state index contributed by atoms with van der Waals surface area (Å²) in [6.07, 6.45) is 5.64. The standard InChI is InChI=1S/C29H38N6O5/c1-16(2)23-25(36)31-17(3)26(37)35-13-7-8-21(34-35)27(38)40-18(4)24-30-15-20-10-9-19(14-22(20)32-24)11-12-29(5,6)28(39)33-23/h9-12,14-18,21,23,34H,7-8,13H2,1-6H3,(H,31,36)(H,33,39)/b12-11+/t17-,18?,21?,23-/m0/s1. The SMILES string of the molecule is CC1OC(=O)C2CCCN(N2)C(=O)[C@H](C)NC(=O)[C@H](C(C)C)NC(=O)C(C)(C)/C=C/c2ccc3cnc1nc3c2. The Morgan fingerprint density at radius 2 is 1.85 bits per heavy atom. The number of hydrogen-bond donors (Lipinski definition) is 3. The van der Waals surface area contributed by atoms with Crippen molar-refractivity contribution in [1.29, 1.82) is 0 Å². The van der Waals surface area contributed by atoms with Crippen LogP contribution in [0.5, 0.6) is 0 Å². The monoisotopic (exact) mass is 550 g/mol. The van der Waals surface area contributed by atoms with Crippen molar-refractivity contribution in [1.82, 2.24) is 31.0 Å². The molecule has 2 unspecified atom stereocenters. The number of carbonyl (C=O) groups is 4. The van der Waals surface area contributed by atoms with E-state index in [1.165, 1.54) is 5.01 Å². The molecule has 0 aliphatic carbocycles. The van der Waals surface area contributed by atoms with Gasteiger partial charge in [0.05, 0.1) is 10.9 Å². The maximum atomic E-state index is 13.3. The molecule has 40 heavy (non-hydrogen) atoms. The molecule has 2 aliphatic heterocycles. The molecule has 3 heterocycles. The minimum absolute atomic E-state index is 0.226. The lowest BCUT2D eigenvalue weighted by molar-refractivity contribution is -0.157. The molecule has 3 amide bonds. The summed E-state index contributed by atoms with van der Waals surface area (Å²) in [5, 5.41) is 7.76. The third kappa shape index (κ3) is 6.47. The molecule has 5 bridgehead atoms. The van der Waals surface area contributed by atoms with Gasteiger partial charge in [-0.25, -0.2) is 15.4 Å². The third-order valence-corrected chi connectivity index (χ3v) is 7.26. The molecule has 11 heteroatoms. The van der Waals surface area contributed by atoms with Gasteiger partial charge in [0.1, 0.15) is 18.1 Å². The lowest BCUT2D eigenvalue weighted by Gasteiger charge is -2.35. The first-order chi connectivity index (χ1) is 18.9. The Bertz CT molecular complexity index is 1340. The van der Waals surface area contributed by atoms with Crippen LogP contribution in [0.1, 0.15) is 71.9 Å². The predicted octanol–water partition coefficient (Wildman–Crippen LogP) is 2.43. The quantitative estimate of drug-likeness (QED) is 0.460. The maximum absolute atomic E-state index is 13.3. The number of amides is 3. The summed E-state index contributed by atoms with van der Waals surface area (Å²) in [4.78, 5) is 61.7. The molecule has 0 radical (unpaired) electrons. The third-order valence-electron chi connectivity index (χ3n) is 7.26. The van der Waals surface area contributed by atoms with Gasteiger partial charge in [0, 0.05) is 18.1 Å². The number of cyclic esters (lactones) is 1. The number of hydrazine groups is 1. The van der Waals surface area contributed by atoms with Crippen LogP contribution >= 0.6 is 0 Å². The van der Waals surface area contributed by atoms with Gasteiger partial charge in [-0.1, -0.05) is 38.1 Å². The number of nitrogens with zero attached hydrogens (tertiary/aromatic N) is 3. The lowest BCUT2D eigenvalue weighted by Crippen LogP contribution is -2.61. The van der Waals surface area contributed by atoms with Gasteiger partial charge in [-0.05, 0) is 58.1 Å². The summed E-state index contributed by atoms with van der Waals surface area (Å²) in [7, 11) is 0. The van der Waals surface area contributed by atoms with Crippen LogP contribution in [0.2, 0.25) is 0 Å². The number of esters is 1. The van der Waals surface area contributed by atoms with Crippen molar-refractivity contribution in [3.63, 3.8) is 0 Å². The van der Waals surface area contributed by atoms with E-state index in [1.54, 1.807) is 40.0 Å². The Morgan fingerprint density at radius 3 is 2.58 bits per heavy atom. The predicted molar refractivity (Wildman–Crippen MR) is 149 cm³/mol. The van der Waals surface area contributed by atoms with Crippen LogP contribution in [-0.2, 0) is 23.9 Å². The lowest BCUT2D eigenvalue weighted by atomic mass is 9.89. The first kappa shape index (κ1) is 29.1. The second kappa shape index (κ2) is 11.7. The fourth-order valence-corrected chi connectivity index (χ4v) is 4.62. The van der Waals surface area contributed by atoms with Gasteiger partial charge in [0.2, 0.25) is 11.8 Å². The van der Waals surface area contributed by atoms with Crippen molar-refractivity contribution in [3.8, 4) is 0 Å². The van der Waals surface area contributed by atoms with Crippen molar-refractivity contribution in [3.05, 3.63) is 41.9 Å². The first-order valence-corrected chi connectivity index (χ1v) is 13.7. The van der Waals surface area contributed by atoms with Crippen LogP contribution in [0.15, 0.2) is 30.5 Å². The van der Waals surface area contributed by atoms with E-state index in [0.29, 0.717) is 30.7 Å². The molecule has 4 rings (SSSR count). The summed E-state index contributed by atoms with van der Waals surface area (Å²) in [6, 6.07) is 3.19.